The first-order valence-corrected chi connectivity index (χ1v) is 9.87. The van der Waals surface area contributed by atoms with E-state index in [4.69, 9.17) is 4.42 Å². The van der Waals surface area contributed by atoms with Crippen molar-refractivity contribution < 1.29 is 14.0 Å². The molecule has 2 amide bonds. The minimum absolute atomic E-state index is 0.0791. The molecule has 2 aliphatic rings. The van der Waals surface area contributed by atoms with Crippen LogP contribution in [0, 0.1) is 0 Å². The third-order valence-electron chi connectivity index (χ3n) is 5.03. The van der Waals surface area contributed by atoms with E-state index >= 15 is 0 Å². The van der Waals surface area contributed by atoms with Gasteiger partial charge in [-0.15, -0.1) is 0 Å². The predicted octanol–water partition coefficient (Wildman–Crippen LogP) is 2.80. The molecule has 2 aromatic rings. The first-order chi connectivity index (χ1) is 13.1. The maximum Gasteiger partial charge on any atom is 0.309 e. The molecule has 1 aromatic carbocycles. The van der Waals surface area contributed by atoms with Crippen molar-refractivity contribution >= 4 is 36.2 Å². The van der Waals surface area contributed by atoms with E-state index in [0.717, 1.165) is 62.8 Å². The molecule has 7 nitrogen and oxygen atoms in total. The van der Waals surface area contributed by atoms with Crippen LogP contribution in [-0.2, 0) is 30.5 Å². The molecule has 0 atom stereocenters. The Hall–Kier alpha value is -2.32. The normalized spacial score (nSPS) is 14.9. The van der Waals surface area contributed by atoms with Crippen LogP contribution in [0.25, 0.3) is 0 Å². The lowest BCUT2D eigenvalue weighted by Crippen LogP contribution is -2.20. The molecule has 1 aromatic heterocycles. The molecule has 0 aliphatic heterocycles. The minimum Gasteiger partial charge on any atom is -0.418 e. The Morgan fingerprint density at radius 2 is 1.85 bits per heavy atom. The number of benzene rings is 1. The predicted molar refractivity (Wildman–Crippen MR) is 104 cm³/mol. The van der Waals surface area contributed by atoms with Crippen LogP contribution in [0.5, 0.6) is 0 Å². The Bertz CT molecular complexity index is 861. The Labute approximate surface area is 162 Å². The van der Waals surface area contributed by atoms with E-state index in [-0.39, 0.29) is 17.7 Å². The monoisotopic (exact) mass is 386 g/mol. The maximum absolute atomic E-state index is 12.2. The van der Waals surface area contributed by atoms with Crippen LogP contribution in [-0.4, -0.2) is 35.7 Å². The number of nitrogens with one attached hydrogen (secondary N) is 1. The molecule has 0 saturated carbocycles. The second-order valence-corrected chi connectivity index (χ2v) is 8.14. The number of nitrogens with zero attached hydrogens (tertiary/aromatic N) is 3. The third-order valence-corrected chi connectivity index (χ3v) is 5.67. The lowest BCUT2D eigenvalue weighted by molar-refractivity contribution is -0.107. The Morgan fingerprint density at radius 3 is 2.44 bits per heavy atom. The number of carbonyl (C=O) groups is 2. The second-order valence-electron chi connectivity index (χ2n) is 7.02. The summed E-state index contributed by atoms with van der Waals surface area (Å²) in [6.07, 6.45) is 8.30. The Kier molecular flexibility index (Phi) is 4.92. The molecule has 0 saturated heterocycles. The van der Waals surface area contributed by atoms with E-state index in [1.807, 2.05) is 14.1 Å². The number of rotatable bonds is 6. The van der Waals surface area contributed by atoms with Crippen molar-refractivity contribution in [1.82, 2.24) is 14.0 Å². The van der Waals surface area contributed by atoms with Gasteiger partial charge in [-0.05, 0) is 74.9 Å². The molecule has 4 rings (SSSR count). The summed E-state index contributed by atoms with van der Waals surface area (Å²) >= 11 is 1.15. The Morgan fingerprint density at radius 1 is 1.19 bits per heavy atom. The van der Waals surface area contributed by atoms with Gasteiger partial charge in [-0.1, -0.05) is 6.07 Å². The second kappa shape index (κ2) is 7.36. The maximum atomic E-state index is 12.2. The Balaban J connectivity index is 1.69. The molecule has 27 heavy (non-hydrogen) atoms. The molecular weight excluding hydrogens is 364 g/mol. The van der Waals surface area contributed by atoms with Gasteiger partial charge in [0, 0.05) is 12.1 Å². The van der Waals surface area contributed by atoms with Crippen LogP contribution in [0.1, 0.15) is 45.7 Å². The zero-order valence-corrected chi connectivity index (χ0v) is 16.3. The molecule has 0 radical (unpaired) electrons. The fourth-order valence-corrected chi connectivity index (χ4v) is 4.30. The largest absolute Gasteiger partial charge is 0.418 e. The van der Waals surface area contributed by atoms with Crippen molar-refractivity contribution in [1.29, 1.82) is 0 Å². The average molecular weight is 386 g/mol. The van der Waals surface area contributed by atoms with Gasteiger partial charge in [0.05, 0.1) is 11.9 Å². The number of amides is 2. The highest BCUT2D eigenvalue weighted by Gasteiger charge is 2.29. The molecule has 0 fully saturated rings. The number of carbonyl (C=O) groups excluding carboxylic acids is 2. The van der Waals surface area contributed by atoms with Crippen molar-refractivity contribution in [3.63, 3.8) is 0 Å². The summed E-state index contributed by atoms with van der Waals surface area (Å²) in [5, 5.41) is 0. The molecule has 8 heteroatoms. The van der Waals surface area contributed by atoms with Crippen LogP contribution in [0.3, 0.4) is 0 Å². The highest BCUT2D eigenvalue weighted by Crippen LogP contribution is 2.42. The number of hydrogen-bond donors (Lipinski definition) is 1. The molecule has 0 unspecified atom stereocenters. The van der Waals surface area contributed by atoms with Gasteiger partial charge >= 0.3 is 6.01 Å². The van der Waals surface area contributed by atoms with Gasteiger partial charge in [0.1, 0.15) is 0 Å². The first kappa shape index (κ1) is 18.1. The van der Waals surface area contributed by atoms with E-state index < -0.39 is 0 Å². The summed E-state index contributed by atoms with van der Waals surface area (Å²) in [5.74, 6) is -0.308. The van der Waals surface area contributed by atoms with E-state index in [1.165, 1.54) is 33.4 Å². The number of aryl methyl sites for hydroxylation is 2. The van der Waals surface area contributed by atoms with Gasteiger partial charge in [0.25, 0.3) is 5.91 Å². The van der Waals surface area contributed by atoms with E-state index in [9.17, 15) is 9.59 Å². The van der Waals surface area contributed by atoms with Gasteiger partial charge in [-0.2, -0.15) is 0 Å². The van der Waals surface area contributed by atoms with E-state index in [0.29, 0.717) is 0 Å². The molecular formula is C19H22N4O3S. The lowest BCUT2D eigenvalue weighted by Gasteiger charge is -2.21. The summed E-state index contributed by atoms with van der Waals surface area (Å²) in [6.45, 7) is 0. The van der Waals surface area contributed by atoms with E-state index in [2.05, 4.69) is 15.8 Å². The van der Waals surface area contributed by atoms with E-state index in [1.54, 1.807) is 4.31 Å². The smallest absolute Gasteiger partial charge is 0.309 e. The van der Waals surface area contributed by atoms with Gasteiger partial charge in [-0.25, -0.2) is 14.2 Å². The van der Waals surface area contributed by atoms with Crippen molar-refractivity contribution in [3.8, 4) is 0 Å². The van der Waals surface area contributed by atoms with Crippen LogP contribution in [0.15, 0.2) is 16.7 Å². The highest BCUT2D eigenvalue weighted by atomic mass is 32.2. The first-order valence-electron chi connectivity index (χ1n) is 9.10. The van der Waals surface area contributed by atoms with Crippen molar-refractivity contribution in [2.75, 3.05) is 19.0 Å². The lowest BCUT2D eigenvalue weighted by atomic mass is 9.98. The summed E-state index contributed by atoms with van der Waals surface area (Å²) in [4.78, 5) is 29.9. The van der Waals surface area contributed by atoms with Gasteiger partial charge < -0.3 is 4.42 Å². The van der Waals surface area contributed by atoms with Crippen molar-refractivity contribution in [3.05, 3.63) is 40.3 Å². The molecule has 0 spiro atoms. The number of aromatic nitrogens is 1. The fourth-order valence-electron chi connectivity index (χ4n) is 3.93. The SMILES string of the molecule is CN(C)SNC(=O)c1cnc(N(C=O)c2c3c(cc4c2CCC4)CCC3)o1. The zero-order chi connectivity index (χ0) is 19.0. The molecule has 142 valence electrons. The van der Waals surface area contributed by atoms with Gasteiger partial charge in [0.2, 0.25) is 12.2 Å². The summed E-state index contributed by atoms with van der Waals surface area (Å²) in [6, 6.07) is 2.45. The topological polar surface area (TPSA) is 78.7 Å². The van der Waals surface area contributed by atoms with Gasteiger partial charge in [-0.3, -0.25) is 14.3 Å². The highest BCUT2D eigenvalue weighted by molar-refractivity contribution is 7.95. The number of anilines is 2. The fraction of sp³-hybridized carbons (Fsp3) is 0.421. The number of fused-ring (bicyclic) bond motifs is 2. The quantitative estimate of drug-likeness (QED) is 0.608. The van der Waals surface area contributed by atoms with Crippen LogP contribution in [0.2, 0.25) is 0 Å². The molecule has 0 bridgehead atoms. The summed E-state index contributed by atoms with van der Waals surface area (Å²) in [5.41, 5.74) is 6.00. The summed E-state index contributed by atoms with van der Waals surface area (Å²) in [7, 11) is 3.64. The van der Waals surface area contributed by atoms with Crippen molar-refractivity contribution in [2.24, 2.45) is 0 Å². The third kappa shape index (κ3) is 3.35. The standard InChI is InChI=1S/C19H22N4O3S/c1-22(2)27-21-18(25)16-10-20-19(26-16)23(11-24)17-14-7-3-5-12(14)9-13-6-4-8-15(13)17/h9-11H,3-8H2,1-2H3,(H,21,25). The minimum atomic E-state index is -0.387. The average Bonchev–Trinajstić information content (AvgIpc) is 3.39. The van der Waals surface area contributed by atoms with Crippen molar-refractivity contribution in [2.45, 2.75) is 38.5 Å². The molecule has 1 heterocycles. The summed E-state index contributed by atoms with van der Waals surface area (Å²) < 4.78 is 10.1. The molecule has 1 N–H and O–H groups in total. The zero-order valence-electron chi connectivity index (χ0n) is 15.4. The van der Waals surface area contributed by atoms with Crippen LogP contribution >= 0.6 is 12.1 Å². The van der Waals surface area contributed by atoms with Crippen LogP contribution in [0.4, 0.5) is 11.7 Å². The van der Waals surface area contributed by atoms with Gasteiger partial charge in [0.15, 0.2) is 0 Å². The number of oxazole rings is 1. The van der Waals surface area contributed by atoms with Crippen LogP contribution < -0.4 is 9.62 Å². The number of hydrogen-bond acceptors (Lipinski definition) is 6. The molecule has 2 aliphatic carbocycles.